The number of rotatable bonds is 4. The molecule has 0 bridgehead atoms. The summed E-state index contributed by atoms with van der Waals surface area (Å²) in [4.78, 5) is 12.8. The summed E-state index contributed by atoms with van der Waals surface area (Å²) in [6, 6.07) is 0. The largest absolute Gasteiger partial charge is 0.448 e. The van der Waals surface area contributed by atoms with Crippen LogP contribution in [-0.2, 0) is 11.3 Å². The summed E-state index contributed by atoms with van der Waals surface area (Å²) in [5.41, 5.74) is 0. The number of amides is 1. The summed E-state index contributed by atoms with van der Waals surface area (Å²) < 4.78 is 6.90. The van der Waals surface area contributed by atoms with E-state index in [2.05, 4.69) is 15.5 Å². The maximum Gasteiger partial charge on any atom is 0.409 e. The van der Waals surface area contributed by atoms with Crippen LogP contribution < -0.4 is 0 Å². The van der Waals surface area contributed by atoms with E-state index in [1.807, 2.05) is 0 Å². The molecule has 1 aromatic heterocycles. The Hall–Kier alpha value is -1.44. The highest BCUT2D eigenvalue weighted by Gasteiger charge is 2.20. The van der Waals surface area contributed by atoms with E-state index < -0.39 is 0 Å². The highest BCUT2D eigenvalue weighted by atomic mass is 32.1. The molecule has 0 atom stereocenters. The highest BCUT2D eigenvalue weighted by molar-refractivity contribution is 7.71. The standard InChI is InChI=1S/C7H11N5O2S/c13-7-11(4-5-14-7)2-1-3-12-6(15)8-9-10-12/h1-5H2,(H,8,10,15). The maximum atomic E-state index is 11.1. The first-order valence-corrected chi connectivity index (χ1v) is 5.08. The van der Waals surface area contributed by atoms with E-state index in [1.54, 1.807) is 9.58 Å². The van der Waals surface area contributed by atoms with Crippen LogP contribution >= 0.6 is 12.2 Å². The zero-order valence-corrected chi connectivity index (χ0v) is 8.87. The predicted octanol–water partition coefficient (Wildman–Crippen LogP) is 0.178. The van der Waals surface area contributed by atoms with Crippen LogP contribution in [0.3, 0.4) is 0 Å². The number of ether oxygens (including phenoxy) is 1. The van der Waals surface area contributed by atoms with Crippen LogP contribution in [-0.4, -0.2) is 50.9 Å². The summed E-state index contributed by atoms with van der Waals surface area (Å²) in [6.07, 6.45) is 0.564. The summed E-state index contributed by atoms with van der Waals surface area (Å²) in [7, 11) is 0. The molecule has 2 rings (SSSR count). The second kappa shape index (κ2) is 4.39. The van der Waals surface area contributed by atoms with Gasteiger partial charge >= 0.3 is 6.09 Å². The van der Waals surface area contributed by atoms with Gasteiger partial charge in [0.2, 0.25) is 4.77 Å². The summed E-state index contributed by atoms with van der Waals surface area (Å²) in [6.45, 7) is 2.50. The quantitative estimate of drug-likeness (QED) is 0.745. The van der Waals surface area contributed by atoms with E-state index in [0.717, 1.165) is 6.42 Å². The van der Waals surface area contributed by atoms with Gasteiger partial charge in [0.15, 0.2) is 0 Å². The number of nitrogens with one attached hydrogen (secondary N) is 1. The van der Waals surface area contributed by atoms with E-state index in [1.165, 1.54) is 0 Å². The molecule has 0 spiro atoms. The second-order valence-electron chi connectivity index (χ2n) is 3.19. The van der Waals surface area contributed by atoms with Crippen LogP contribution in [0.2, 0.25) is 0 Å². The molecule has 1 fully saturated rings. The Bertz CT molecular complexity index is 400. The first-order chi connectivity index (χ1) is 7.27. The lowest BCUT2D eigenvalue weighted by atomic mass is 10.4. The van der Waals surface area contributed by atoms with Crippen molar-refractivity contribution in [1.29, 1.82) is 0 Å². The van der Waals surface area contributed by atoms with Crippen molar-refractivity contribution in [1.82, 2.24) is 25.1 Å². The molecule has 1 N–H and O–H groups in total. The highest BCUT2D eigenvalue weighted by Crippen LogP contribution is 2.04. The monoisotopic (exact) mass is 229 g/mol. The molecule has 0 unspecified atom stereocenters. The third-order valence-corrected chi connectivity index (χ3v) is 2.49. The number of aromatic nitrogens is 4. The maximum absolute atomic E-state index is 11.1. The Morgan fingerprint density at radius 1 is 1.53 bits per heavy atom. The molecule has 1 amide bonds. The van der Waals surface area contributed by atoms with Crippen molar-refractivity contribution in [2.75, 3.05) is 19.7 Å². The van der Waals surface area contributed by atoms with Gasteiger partial charge in [0.25, 0.3) is 0 Å². The van der Waals surface area contributed by atoms with Crippen LogP contribution in [0, 0.1) is 4.77 Å². The number of hydrogen-bond acceptors (Lipinski definition) is 5. The number of cyclic esters (lactones) is 1. The van der Waals surface area contributed by atoms with Crippen molar-refractivity contribution in [2.45, 2.75) is 13.0 Å². The molecular formula is C7H11N5O2S. The number of carbonyl (C=O) groups is 1. The molecule has 0 aliphatic carbocycles. The number of tetrazole rings is 1. The van der Waals surface area contributed by atoms with Crippen LogP contribution in [0.1, 0.15) is 6.42 Å². The van der Waals surface area contributed by atoms with E-state index in [0.29, 0.717) is 31.0 Å². The number of hydrogen-bond donors (Lipinski definition) is 1. The van der Waals surface area contributed by atoms with Crippen molar-refractivity contribution in [2.24, 2.45) is 0 Å². The summed E-state index contributed by atoms with van der Waals surface area (Å²) >= 11 is 4.91. The number of H-pyrrole nitrogens is 1. The zero-order chi connectivity index (χ0) is 10.7. The average molecular weight is 229 g/mol. The lowest BCUT2D eigenvalue weighted by molar-refractivity contribution is 0.157. The molecule has 1 saturated heterocycles. The van der Waals surface area contributed by atoms with E-state index >= 15 is 0 Å². The summed E-state index contributed by atoms with van der Waals surface area (Å²) in [5.74, 6) is 0. The fourth-order valence-electron chi connectivity index (χ4n) is 1.41. The van der Waals surface area contributed by atoms with Gasteiger partial charge in [-0.05, 0) is 18.6 Å². The van der Waals surface area contributed by atoms with Gasteiger partial charge in [-0.25, -0.2) is 9.48 Å². The molecular weight excluding hydrogens is 218 g/mol. The zero-order valence-electron chi connectivity index (χ0n) is 8.05. The normalized spacial score (nSPS) is 15.7. The van der Waals surface area contributed by atoms with Crippen molar-refractivity contribution in [3.8, 4) is 0 Å². The van der Waals surface area contributed by atoms with Gasteiger partial charge in [-0.3, -0.25) is 0 Å². The van der Waals surface area contributed by atoms with Crippen LogP contribution in [0.25, 0.3) is 0 Å². The smallest absolute Gasteiger partial charge is 0.409 e. The number of aromatic amines is 1. The molecule has 1 aliphatic rings. The number of aryl methyl sites for hydroxylation is 1. The average Bonchev–Trinajstić information content (AvgIpc) is 2.78. The van der Waals surface area contributed by atoms with Gasteiger partial charge in [-0.15, -0.1) is 0 Å². The third-order valence-electron chi connectivity index (χ3n) is 2.19. The van der Waals surface area contributed by atoms with Crippen molar-refractivity contribution >= 4 is 18.3 Å². The van der Waals surface area contributed by atoms with Gasteiger partial charge in [-0.2, -0.15) is 5.21 Å². The predicted molar refractivity (Wildman–Crippen MR) is 52.7 cm³/mol. The molecule has 2 heterocycles. The van der Waals surface area contributed by atoms with Crippen molar-refractivity contribution in [3.05, 3.63) is 4.77 Å². The van der Waals surface area contributed by atoms with Gasteiger partial charge in [0.05, 0.1) is 6.54 Å². The minimum absolute atomic E-state index is 0.235. The van der Waals surface area contributed by atoms with E-state index in [-0.39, 0.29) is 6.09 Å². The summed E-state index contributed by atoms with van der Waals surface area (Å²) in [5, 5.41) is 9.87. The van der Waals surface area contributed by atoms with Gasteiger partial charge in [0, 0.05) is 13.1 Å². The van der Waals surface area contributed by atoms with Gasteiger partial charge in [-0.1, -0.05) is 10.3 Å². The molecule has 7 nitrogen and oxygen atoms in total. The molecule has 0 saturated carbocycles. The van der Waals surface area contributed by atoms with Crippen molar-refractivity contribution in [3.63, 3.8) is 0 Å². The lowest BCUT2D eigenvalue weighted by Crippen LogP contribution is -2.26. The topological polar surface area (TPSA) is 76.0 Å². The molecule has 0 radical (unpaired) electrons. The molecule has 15 heavy (non-hydrogen) atoms. The third kappa shape index (κ3) is 2.32. The Morgan fingerprint density at radius 3 is 3.00 bits per heavy atom. The Morgan fingerprint density at radius 2 is 2.40 bits per heavy atom. The van der Waals surface area contributed by atoms with Crippen LogP contribution in [0.4, 0.5) is 4.79 Å². The molecule has 0 aromatic carbocycles. The molecule has 1 aromatic rings. The first-order valence-electron chi connectivity index (χ1n) is 4.67. The Balaban J connectivity index is 1.78. The van der Waals surface area contributed by atoms with Crippen LogP contribution in [0.15, 0.2) is 0 Å². The number of carbonyl (C=O) groups excluding carboxylic acids is 1. The van der Waals surface area contributed by atoms with Crippen molar-refractivity contribution < 1.29 is 9.53 Å². The molecule has 1 aliphatic heterocycles. The Labute approximate surface area is 91.0 Å². The molecule has 82 valence electrons. The lowest BCUT2D eigenvalue weighted by Gasteiger charge is -2.11. The number of nitrogens with zero attached hydrogens (tertiary/aromatic N) is 4. The van der Waals surface area contributed by atoms with E-state index in [4.69, 9.17) is 17.0 Å². The minimum Gasteiger partial charge on any atom is -0.448 e. The van der Waals surface area contributed by atoms with Gasteiger partial charge in [0.1, 0.15) is 6.61 Å². The molecule has 8 heteroatoms. The SMILES string of the molecule is O=C1OCCN1CCCn1[nH]nnc1=S. The second-order valence-corrected chi connectivity index (χ2v) is 3.55. The van der Waals surface area contributed by atoms with Crippen LogP contribution in [0.5, 0.6) is 0 Å². The fourth-order valence-corrected chi connectivity index (χ4v) is 1.58. The fraction of sp³-hybridized carbons (Fsp3) is 0.714. The Kier molecular flexibility index (Phi) is 2.95. The first kappa shape index (κ1) is 10.1. The minimum atomic E-state index is -0.235. The van der Waals surface area contributed by atoms with E-state index in [9.17, 15) is 4.79 Å². The van der Waals surface area contributed by atoms with Gasteiger partial charge < -0.3 is 9.64 Å².